The van der Waals surface area contributed by atoms with Crippen LogP contribution in [0.5, 0.6) is 0 Å². The normalized spacial score (nSPS) is 21.3. The SMILES string of the molecule is CCC1CCCN(S(=O)(=O)c2ccc(NN)nc2)C1. The van der Waals surface area contributed by atoms with Crippen molar-refractivity contribution in [2.75, 3.05) is 18.5 Å². The Morgan fingerprint density at radius 1 is 1.53 bits per heavy atom. The van der Waals surface area contributed by atoms with Crippen molar-refractivity contribution >= 4 is 15.8 Å². The standard InChI is InChI=1S/C12H20N4O2S/c1-2-10-4-3-7-16(9-10)19(17,18)11-5-6-12(15-13)14-8-11/h5-6,8,10H,2-4,7,9,13H2,1H3,(H,14,15). The summed E-state index contributed by atoms with van der Waals surface area (Å²) in [6.07, 6.45) is 4.39. The molecular weight excluding hydrogens is 264 g/mol. The van der Waals surface area contributed by atoms with Crippen LogP contribution in [-0.2, 0) is 10.0 Å². The minimum atomic E-state index is -3.43. The second-order valence-corrected chi connectivity index (χ2v) is 6.74. The number of nitrogens with one attached hydrogen (secondary N) is 1. The van der Waals surface area contributed by atoms with Gasteiger partial charge >= 0.3 is 0 Å². The van der Waals surface area contributed by atoms with Crippen molar-refractivity contribution in [3.63, 3.8) is 0 Å². The molecule has 0 saturated carbocycles. The van der Waals surface area contributed by atoms with Gasteiger partial charge in [-0.05, 0) is 30.9 Å². The maximum Gasteiger partial charge on any atom is 0.244 e. The first-order chi connectivity index (χ1) is 9.07. The molecule has 6 nitrogen and oxygen atoms in total. The van der Waals surface area contributed by atoms with Crippen molar-refractivity contribution in [1.82, 2.24) is 9.29 Å². The number of hydrazine groups is 1. The third-order valence-electron chi connectivity index (χ3n) is 3.58. The molecule has 1 saturated heterocycles. The number of pyridine rings is 1. The zero-order valence-electron chi connectivity index (χ0n) is 11.0. The summed E-state index contributed by atoms with van der Waals surface area (Å²) in [6.45, 7) is 3.30. The van der Waals surface area contributed by atoms with Gasteiger partial charge in [-0.3, -0.25) is 0 Å². The van der Waals surface area contributed by atoms with E-state index in [1.54, 1.807) is 10.4 Å². The summed E-state index contributed by atoms with van der Waals surface area (Å²) < 4.78 is 26.5. The lowest BCUT2D eigenvalue weighted by atomic mass is 9.97. The second kappa shape index (κ2) is 5.85. The molecule has 0 bridgehead atoms. The van der Waals surface area contributed by atoms with E-state index >= 15 is 0 Å². The number of aromatic nitrogens is 1. The molecule has 1 atom stereocenters. The molecule has 0 radical (unpaired) electrons. The van der Waals surface area contributed by atoms with Gasteiger partial charge in [0.25, 0.3) is 0 Å². The first kappa shape index (κ1) is 14.2. The summed E-state index contributed by atoms with van der Waals surface area (Å²) in [5.74, 6) is 6.12. The highest BCUT2D eigenvalue weighted by atomic mass is 32.2. The third kappa shape index (κ3) is 3.05. The number of rotatable bonds is 4. The number of nitrogens with two attached hydrogens (primary N) is 1. The summed E-state index contributed by atoms with van der Waals surface area (Å²) >= 11 is 0. The summed E-state index contributed by atoms with van der Waals surface area (Å²) in [6, 6.07) is 3.10. The highest BCUT2D eigenvalue weighted by molar-refractivity contribution is 7.89. The van der Waals surface area contributed by atoms with Crippen LogP contribution in [0.3, 0.4) is 0 Å². The molecule has 0 aromatic carbocycles. The van der Waals surface area contributed by atoms with Crippen molar-refractivity contribution in [2.24, 2.45) is 11.8 Å². The number of anilines is 1. The van der Waals surface area contributed by atoms with Gasteiger partial charge in [-0.25, -0.2) is 19.2 Å². The Kier molecular flexibility index (Phi) is 4.38. The first-order valence-electron chi connectivity index (χ1n) is 6.50. The Morgan fingerprint density at radius 3 is 2.89 bits per heavy atom. The van der Waals surface area contributed by atoms with Gasteiger partial charge in [-0.1, -0.05) is 13.3 Å². The summed E-state index contributed by atoms with van der Waals surface area (Å²) in [5.41, 5.74) is 2.38. The average Bonchev–Trinajstić information content (AvgIpc) is 2.47. The molecule has 0 amide bonds. The summed E-state index contributed by atoms with van der Waals surface area (Å²) in [4.78, 5) is 4.18. The molecule has 3 N–H and O–H groups in total. The molecule has 2 rings (SSSR count). The molecule has 1 aromatic heterocycles. The van der Waals surface area contributed by atoms with Crippen molar-refractivity contribution in [3.8, 4) is 0 Å². The van der Waals surface area contributed by atoms with Gasteiger partial charge < -0.3 is 5.43 Å². The van der Waals surface area contributed by atoms with Crippen LogP contribution in [0.1, 0.15) is 26.2 Å². The Balaban J connectivity index is 2.20. The second-order valence-electron chi connectivity index (χ2n) is 4.80. The molecule has 1 unspecified atom stereocenters. The van der Waals surface area contributed by atoms with Crippen LogP contribution in [0.2, 0.25) is 0 Å². The Labute approximate surface area is 114 Å². The fraction of sp³-hybridized carbons (Fsp3) is 0.583. The first-order valence-corrected chi connectivity index (χ1v) is 7.94. The van der Waals surface area contributed by atoms with Gasteiger partial charge in [0.15, 0.2) is 0 Å². The van der Waals surface area contributed by atoms with E-state index in [9.17, 15) is 8.42 Å². The predicted molar refractivity (Wildman–Crippen MR) is 73.8 cm³/mol. The number of sulfonamides is 1. The van der Waals surface area contributed by atoms with Gasteiger partial charge in [0, 0.05) is 19.3 Å². The fourth-order valence-corrected chi connectivity index (χ4v) is 3.85. The van der Waals surface area contributed by atoms with Crippen molar-refractivity contribution in [3.05, 3.63) is 18.3 Å². The van der Waals surface area contributed by atoms with Crippen LogP contribution in [0.25, 0.3) is 0 Å². The minimum absolute atomic E-state index is 0.225. The quantitative estimate of drug-likeness (QED) is 0.640. The van der Waals surface area contributed by atoms with Crippen molar-refractivity contribution in [1.29, 1.82) is 0 Å². The third-order valence-corrected chi connectivity index (χ3v) is 5.43. The number of nitrogen functional groups attached to an aromatic ring is 1. The van der Waals surface area contributed by atoms with E-state index in [-0.39, 0.29) is 4.90 Å². The van der Waals surface area contributed by atoms with E-state index in [4.69, 9.17) is 5.84 Å². The van der Waals surface area contributed by atoms with Crippen LogP contribution in [0.4, 0.5) is 5.82 Å². The number of hydrogen-bond donors (Lipinski definition) is 2. The zero-order chi connectivity index (χ0) is 13.9. The van der Waals surface area contributed by atoms with E-state index in [2.05, 4.69) is 17.3 Å². The molecule has 2 heterocycles. The molecule has 106 valence electrons. The number of nitrogens with zero attached hydrogens (tertiary/aromatic N) is 2. The molecule has 1 fully saturated rings. The van der Waals surface area contributed by atoms with E-state index in [1.807, 2.05) is 0 Å². The van der Waals surface area contributed by atoms with Gasteiger partial charge in [0.2, 0.25) is 10.0 Å². The lowest BCUT2D eigenvalue weighted by Gasteiger charge is -2.31. The Bertz CT molecular complexity index is 515. The fourth-order valence-electron chi connectivity index (χ4n) is 2.35. The molecule has 1 aromatic rings. The van der Waals surface area contributed by atoms with Crippen LogP contribution < -0.4 is 11.3 Å². The number of hydrogen-bond acceptors (Lipinski definition) is 5. The average molecular weight is 284 g/mol. The molecule has 7 heteroatoms. The maximum absolute atomic E-state index is 12.5. The number of piperidine rings is 1. The van der Waals surface area contributed by atoms with Crippen LogP contribution in [0.15, 0.2) is 23.2 Å². The largest absolute Gasteiger partial charge is 0.308 e. The van der Waals surface area contributed by atoms with Gasteiger partial charge in [0.05, 0.1) is 0 Å². The summed E-state index contributed by atoms with van der Waals surface area (Å²) in [5, 5.41) is 0. The summed E-state index contributed by atoms with van der Waals surface area (Å²) in [7, 11) is -3.43. The van der Waals surface area contributed by atoms with Crippen LogP contribution in [0, 0.1) is 5.92 Å². The zero-order valence-corrected chi connectivity index (χ0v) is 11.9. The molecule has 0 aliphatic carbocycles. The lowest BCUT2D eigenvalue weighted by molar-refractivity contribution is 0.261. The highest BCUT2D eigenvalue weighted by Gasteiger charge is 2.29. The minimum Gasteiger partial charge on any atom is -0.308 e. The Hall–Kier alpha value is -1.18. The smallest absolute Gasteiger partial charge is 0.244 e. The monoisotopic (exact) mass is 284 g/mol. The highest BCUT2D eigenvalue weighted by Crippen LogP contribution is 2.25. The predicted octanol–water partition coefficient (Wildman–Crippen LogP) is 1.18. The van der Waals surface area contributed by atoms with Crippen LogP contribution >= 0.6 is 0 Å². The van der Waals surface area contributed by atoms with Gasteiger partial charge in [0.1, 0.15) is 10.7 Å². The maximum atomic E-state index is 12.5. The van der Waals surface area contributed by atoms with E-state index < -0.39 is 10.0 Å². The molecule has 0 spiro atoms. The van der Waals surface area contributed by atoms with Crippen LogP contribution in [-0.4, -0.2) is 30.8 Å². The van der Waals surface area contributed by atoms with E-state index in [0.717, 1.165) is 19.3 Å². The van der Waals surface area contributed by atoms with Crippen molar-refractivity contribution in [2.45, 2.75) is 31.1 Å². The van der Waals surface area contributed by atoms with Gasteiger partial charge in [-0.2, -0.15) is 4.31 Å². The van der Waals surface area contributed by atoms with E-state index in [1.165, 1.54) is 12.3 Å². The van der Waals surface area contributed by atoms with E-state index in [0.29, 0.717) is 24.8 Å². The Morgan fingerprint density at radius 2 is 2.32 bits per heavy atom. The van der Waals surface area contributed by atoms with Gasteiger partial charge in [-0.15, -0.1) is 0 Å². The molecule has 1 aliphatic heterocycles. The molecular formula is C12H20N4O2S. The molecule has 1 aliphatic rings. The topological polar surface area (TPSA) is 88.3 Å². The van der Waals surface area contributed by atoms with Crippen molar-refractivity contribution < 1.29 is 8.42 Å². The lowest BCUT2D eigenvalue weighted by Crippen LogP contribution is -2.39. The molecule has 19 heavy (non-hydrogen) atoms.